The van der Waals surface area contributed by atoms with E-state index in [0.29, 0.717) is 27.9 Å². The molecule has 2 N–H and O–H groups in total. The minimum absolute atomic E-state index is 0.0179. The minimum atomic E-state index is -0.913. The van der Waals surface area contributed by atoms with Gasteiger partial charge in [-0.1, -0.05) is 47.5 Å². The highest BCUT2D eigenvalue weighted by molar-refractivity contribution is 6.42. The number of piperazine rings is 1. The Labute approximate surface area is 234 Å². The Morgan fingerprint density at radius 2 is 1.76 bits per heavy atom. The Bertz CT molecular complexity index is 1150. The second-order valence-corrected chi connectivity index (χ2v) is 10.6. The van der Waals surface area contributed by atoms with Gasteiger partial charge in [0.2, 0.25) is 0 Å². The third kappa shape index (κ3) is 7.17. The first-order valence-corrected chi connectivity index (χ1v) is 13.7. The molecule has 7 nitrogen and oxygen atoms in total. The number of carbonyl (C=O) groups is 1. The standard InChI is InChI=1S/C29H35Cl2N3O4/c1-32(29(37)21-6-3-2-4-7-21)19-23(22-9-10-24(30)25(31)18-22)11-12-33-13-15-34(16-14-33)28(26(36)20-35)27-8-5-17-38-27/h2-10,17-18,23,26,28,35-36H,11-16,19-20H2,1H3/t23?,26-,28+/m0/s1. The van der Waals surface area contributed by atoms with Crippen LogP contribution in [0.1, 0.15) is 40.1 Å². The summed E-state index contributed by atoms with van der Waals surface area (Å²) in [6, 6.07) is 18.3. The predicted octanol–water partition coefficient (Wildman–Crippen LogP) is 4.54. The first-order chi connectivity index (χ1) is 18.4. The summed E-state index contributed by atoms with van der Waals surface area (Å²) in [5.74, 6) is 0.717. The Balaban J connectivity index is 1.40. The molecule has 0 bridgehead atoms. The predicted molar refractivity (Wildman–Crippen MR) is 150 cm³/mol. The van der Waals surface area contributed by atoms with Crippen LogP contribution in [-0.4, -0.2) is 89.8 Å². The average molecular weight is 561 g/mol. The quantitative estimate of drug-likeness (QED) is 0.359. The van der Waals surface area contributed by atoms with Gasteiger partial charge < -0.3 is 24.4 Å². The van der Waals surface area contributed by atoms with Gasteiger partial charge in [-0.15, -0.1) is 0 Å². The van der Waals surface area contributed by atoms with Crippen LogP contribution in [0.3, 0.4) is 0 Å². The molecule has 1 fully saturated rings. The Hall–Kier alpha value is -2.39. The van der Waals surface area contributed by atoms with Crippen LogP contribution in [0.25, 0.3) is 0 Å². The molecule has 0 saturated carbocycles. The molecule has 38 heavy (non-hydrogen) atoms. The normalized spacial score (nSPS) is 17.2. The van der Waals surface area contributed by atoms with Gasteiger partial charge in [0.15, 0.2) is 0 Å². The lowest BCUT2D eigenvalue weighted by Gasteiger charge is -2.40. The van der Waals surface area contributed by atoms with Gasteiger partial charge in [-0.05, 0) is 54.9 Å². The summed E-state index contributed by atoms with van der Waals surface area (Å²) < 4.78 is 5.55. The summed E-state index contributed by atoms with van der Waals surface area (Å²) >= 11 is 12.5. The number of aliphatic hydroxyl groups excluding tert-OH is 2. The lowest BCUT2D eigenvalue weighted by atomic mass is 9.94. The molecule has 2 aromatic carbocycles. The highest BCUT2D eigenvalue weighted by Crippen LogP contribution is 2.30. The molecule has 9 heteroatoms. The fourth-order valence-electron chi connectivity index (χ4n) is 5.12. The Morgan fingerprint density at radius 1 is 1.03 bits per heavy atom. The molecule has 0 radical (unpaired) electrons. The number of likely N-dealkylation sites (N-methyl/N-ethyl adjacent to an activating group) is 1. The van der Waals surface area contributed by atoms with Crippen LogP contribution in [-0.2, 0) is 0 Å². The van der Waals surface area contributed by atoms with Crippen LogP contribution in [0.15, 0.2) is 71.3 Å². The molecule has 1 aliphatic rings. The number of benzene rings is 2. The molecule has 1 amide bonds. The van der Waals surface area contributed by atoms with Crippen LogP contribution in [0, 0.1) is 0 Å². The van der Waals surface area contributed by atoms with E-state index >= 15 is 0 Å². The van der Waals surface area contributed by atoms with Crippen molar-refractivity contribution in [1.29, 1.82) is 0 Å². The lowest BCUT2D eigenvalue weighted by Crippen LogP contribution is -2.50. The van der Waals surface area contributed by atoms with Crippen molar-refractivity contribution in [1.82, 2.24) is 14.7 Å². The second kappa shape index (κ2) is 13.6. The molecule has 3 aromatic rings. The van der Waals surface area contributed by atoms with Crippen LogP contribution < -0.4 is 0 Å². The summed E-state index contributed by atoms with van der Waals surface area (Å²) in [6.45, 7) is 4.20. The van der Waals surface area contributed by atoms with Gasteiger partial charge >= 0.3 is 0 Å². The molecule has 4 rings (SSSR count). The van der Waals surface area contributed by atoms with E-state index in [1.165, 1.54) is 0 Å². The van der Waals surface area contributed by atoms with Gasteiger partial charge in [0.05, 0.1) is 35.1 Å². The maximum absolute atomic E-state index is 13.0. The molecule has 204 valence electrons. The zero-order chi connectivity index (χ0) is 27.1. The first-order valence-electron chi connectivity index (χ1n) is 12.9. The summed E-state index contributed by atoms with van der Waals surface area (Å²) in [7, 11) is 1.83. The monoisotopic (exact) mass is 559 g/mol. The van der Waals surface area contributed by atoms with Gasteiger partial charge in [-0.3, -0.25) is 9.69 Å². The van der Waals surface area contributed by atoms with Crippen molar-refractivity contribution in [2.45, 2.75) is 24.5 Å². The van der Waals surface area contributed by atoms with Gasteiger partial charge in [-0.25, -0.2) is 0 Å². The molecular formula is C29H35Cl2N3O4. The Kier molecular flexibility index (Phi) is 10.2. The summed E-state index contributed by atoms with van der Waals surface area (Å²) in [4.78, 5) is 19.4. The van der Waals surface area contributed by atoms with Gasteiger partial charge in [0.25, 0.3) is 5.91 Å². The van der Waals surface area contributed by atoms with E-state index in [-0.39, 0.29) is 24.5 Å². The number of nitrogens with zero attached hydrogens (tertiary/aromatic N) is 3. The molecule has 1 saturated heterocycles. The van der Waals surface area contributed by atoms with E-state index in [1.54, 1.807) is 17.2 Å². The number of halogens is 2. The Morgan fingerprint density at radius 3 is 2.39 bits per heavy atom. The topological polar surface area (TPSA) is 80.4 Å². The SMILES string of the molecule is CN(CC(CCN1CCN([C@@H](c2ccco2)[C@@H](O)CO)CC1)c1ccc(Cl)c(Cl)c1)C(=O)c1ccccc1. The van der Waals surface area contributed by atoms with Crippen molar-refractivity contribution in [2.75, 3.05) is 52.9 Å². The van der Waals surface area contributed by atoms with Crippen LogP contribution in [0.4, 0.5) is 0 Å². The van der Waals surface area contributed by atoms with Crippen LogP contribution in [0.5, 0.6) is 0 Å². The number of hydrogen-bond acceptors (Lipinski definition) is 6. The van der Waals surface area contributed by atoms with Crippen molar-refractivity contribution in [3.05, 3.63) is 93.9 Å². The fourth-order valence-corrected chi connectivity index (χ4v) is 5.43. The molecule has 1 aliphatic heterocycles. The number of carbonyl (C=O) groups excluding carboxylic acids is 1. The second-order valence-electron chi connectivity index (χ2n) is 9.80. The van der Waals surface area contributed by atoms with Gasteiger partial charge in [-0.2, -0.15) is 0 Å². The van der Waals surface area contributed by atoms with Crippen molar-refractivity contribution >= 4 is 29.1 Å². The lowest BCUT2D eigenvalue weighted by molar-refractivity contribution is -0.0178. The minimum Gasteiger partial charge on any atom is -0.468 e. The van der Waals surface area contributed by atoms with Gasteiger partial charge in [0, 0.05) is 51.3 Å². The smallest absolute Gasteiger partial charge is 0.253 e. The number of rotatable bonds is 11. The number of furan rings is 1. The molecule has 1 unspecified atom stereocenters. The highest BCUT2D eigenvalue weighted by Gasteiger charge is 2.32. The largest absolute Gasteiger partial charge is 0.468 e. The molecule has 1 aromatic heterocycles. The van der Waals surface area contributed by atoms with E-state index in [1.807, 2.05) is 61.6 Å². The number of hydrogen-bond donors (Lipinski definition) is 2. The van der Waals surface area contributed by atoms with Gasteiger partial charge in [0.1, 0.15) is 5.76 Å². The summed E-state index contributed by atoms with van der Waals surface area (Å²) in [6.07, 6.45) is 1.51. The molecule has 2 heterocycles. The van der Waals surface area contributed by atoms with Crippen molar-refractivity contribution in [2.24, 2.45) is 0 Å². The van der Waals surface area contributed by atoms with E-state index in [9.17, 15) is 15.0 Å². The van der Waals surface area contributed by atoms with Crippen LogP contribution >= 0.6 is 23.2 Å². The van der Waals surface area contributed by atoms with E-state index in [2.05, 4.69) is 9.80 Å². The van der Waals surface area contributed by atoms with Crippen molar-refractivity contribution in [3.63, 3.8) is 0 Å². The zero-order valence-electron chi connectivity index (χ0n) is 21.5. The summed E-state index contributed by atoms with van der Waals surface area (Å²) in [5.41, 5.74) is 1.71. The van der Waals surface area contributed by atoms with E-state index in [0.717, 1.165) is 44.7 Å². The first kappa shape index (κ1) is 28.6. The number of aliphatic hydroxyl groups is 2. The molecule has 0 aliphatic carbocycles. The maximum Gasteiger partial charge on any atom is 0.253 e. The maximum atomic E-state index is 13.0. The van der Waals surface area contributed by atoms with E-state index in [4.69, 9.17) is 27.6 Å². The average Bonchev–Trinajstić information content (AvgIpc) is 3.47. The van der Waals surface area contributed by atoms with Crippen LogP contribution in [0.2, 0.25) is 10.0 Å². The van der Waals surface area contributed by atoms with Crippen molar-refractivity contribution in [3.8, 4) is 0 Å². The number of amides is 1. The van der Waals surface area contributed by atoms with E-state index < -0.39 is 6.10 Å². The van der Waals surface area contributed by atoms with Crippen molar-refractivity contribution < 1.29 is 19.4 Å². The zero-order valence-corrected chi connectivity index (χ0v) is 23.1. The third-order valence-electron chi connectivity index (χ3n) is 7.26. The molecule has 3 atom stereocenters. The molecule has 0 spiro atoms. The highest BCUT2D eigenvalue weighted by atomic mass is 35.5. The fraction of sp³-hybridized carbons (Fsp3) is 0.414. The molecular weight excluding hydrogens is 525 g/mol. The third-order valence-corrected chi connectivity index (χ3v) is 8.00. The summed E-state index contributed by atoms with van der Waals surface area (Å²) in [5, 5.41) is 21.0.